The summed E-state index contributed by atoms with van der Waals surface area (Å²) in [5.41, 5.74) is 2.43. The van der Waals surface area contributed by atoms with Crippen LogP contribution in [0, 0.1) is 11.8 Å². The number of nitrogens with zero attached hydrogens (tertiary/aromatic N) is 3. The van der Waals surface area contributed by atoms with Crippen LogP contribution in [0.5, 0.6) is 11.6 Å². The standard InChI is InChI=1S/C25H21N5O3/c1-32-16-23(31)26-14-4-5-18-7-12-22-21(15-18)25(29-17-28-22)30-19-8-10-20(11-9-19)33-24-6-2-3-13-27-24/h2-3,6-13,15,17H,14,16H2,1H3,(H,26,31)(H,28,29,30). The number of methoxy groups -OCH3 is 1. The van der Waals surface area contributed by atoms with Gasteiger partial charge in [-0.3, -0.25) is 4.79 Å². The average molecular weight is 439 g/mol. The maximum Gasteiger partial charge on any atom is 0.246 e. The molecule has 0 bridgehead atoms. The van der Waals surface area contributed by atoms with E-state index in [-0.39, 0.29) is 19.1 Å². The second kappa shape index (κ2) is 10.7. The number of hydrogen-bond acceptors (Lipinski definition) is 7. The molecule has 0 saturated carbocycles. The lowest BCUT2D eigenvalue weighted by Crippen LogP contribution is -2.27. The van der Waals surface area contributed by atoms with Gasteiger partial charge in [-0.15, -0.1) is 0 Å². The molecule has 1 amide bonds. The Morgan fingerprint density at radius 2 is 1.91 bits per heavy atom. The van der Waals surface area contributed by atoms with Gasteiger partial charge in [-0.25, -0.2) is 15.0 Å². The Bertz CT molecular complexity index is 1300. The molecule has 8 heteroatoms. The molecule has 0 spiro atoms. The number of hydrogen-bond donors (Lipinski definition) is 2. The summed E-state index contributed by atoms with van der Waals surface area (Å²) in [4.78, 5) is 24.3. The van der Waals surface area contributed by atoms with Crippen LogP contribution in [0.2, 0.25) is 0 Å². The summed E-state index contributed by atoms with van der Waals surface area (Å²) in [5.74, 6) is 7.65. The van der Waals surface area contributed by atoms with E-state index >= 15 is 0 Å². The van der Waals surface area contributed by atoms with Gasteiger partial charge in [0, 0.05) is 36.0 Å². The first-order chi connectivity index (χ1) is 16.2. The Kier molecular flexibility index (Phi) is 7.05. The Labute approximate surface area is 191 Å². The molecule has 8 nitrogen and oxygen atoms in total. The number of aromatic nitrogens is 3. The molecule has 164 valence electrons. The fraction of sp³-hybridized carbons (Fsp3) is 0.120. The number of carbonyl (C=O) groups excluding carboxylic acids is 1. The Morgan fingerprint density at radius 1 is 1.03 bits per heavy atom. The molecular weight excluding hydrogens is 418 g/mol. The van der Waals surface area contributed by atoms with Gasteiger partial charge in [-0.2, -0.15) is 0 Å². The summed E-state index contributed by atoms with van der Waals surface area (Å²) in [6.07, 6.45) is 3.20. The third-order valence-corrected chi connectivity index (χ3v) is 4.49. The number of amides is 1. The first kappa shape index (κ1) is 21.7. The van der Waals surface area contributed by atoms with Crippen LogP contribution in [0.1, 0.15) is 5.56 Å². The highest BCUT2D eigenvalue weighted by molar-refractivity contribution is 5.91. The van der Waals surface area contributed by atoms with Crippen molar-refractivity contribution in [1.29, 1.82) is 0 Å². The van der Waals surface area contributed by atoms with E-state index in [1.54, 1.807) is 12.3 Å². The third kappa shape index (κ3) is 6.03. The first-order valence-corrected chi connectivity index (χ1v) is 10.2. The van der Waals surface area contributed by atoms with Crippen molar-refractivity contribution in [3.05, 3.63) is 78.8 Å². The number of carbonyl (C=O) groups is 1. The molecule has 4 aromatic rings. The van der Waals surface area contributed by atoms with Crippen molar-refractivity contribution in [2.24, 2.45) is 0 Å². The molecular formula is C25H21N5O3. The summed E-state index contributed by atoms with van der Waals surface area (Å²) in [5, 5.41) is 6.82. The lowest BCUT2D eigenvalue weighted by molar-refractivity contribution is -0.124. The van der Waals surface area contributed by atoms with E-state index in [4.69, 9.17) is 9.47 Å². The molecule has 4 rings (SSSR count). The van der Waals surface area contributed by atoms with E-state index < -0.39 is 0 Å². The quantitative estimate of drug-likeness (QED) is 0.424. The molecule has 0 saturated heterocycles. The normalized spacial score (nSPS) is 10.2. The van der Waals surface area contributed by atoms with E-state index in [1.165, 1.54) is 13.4 Å². The Hall–Kier alpha value is -4.48. The largest absolute Gasteiger partial charge is 0.439 e. The molecule has 2 heterocycles. The summed E-state index contributed by atoms with van der Waals surface area (Å²) < 4.78 is 10.5. The molecule has 2 N–H and O–H groups in total. The molecule has 33 heavy (non-hydrogen) atoms. The van der Waals surface area contributed by atoms with Crippen molar-refractivity contribution in [3.8, 4) is 23.5 Å². The van der Waals surface area contributed by atoms with Gasteiger partial charge in [-0.05, 0) is 48.5 Å². The van der Waals surface area contributed by atoms with Crippen LogP contribution >= 0.6 is 0 Å². The molecule has 2 aromatic heterocycles. The van der Waals surface area contributed by atoms with Gasteiger partial charge in [0.25, 0.3) is 0 Å². The Morgan fingerprint density at radius 3 is 2.70 bits per heavy atom. The lowest BCUT2D eigenvalue weighted by Gasteiger charge is -2.10. The lowest BCUT2D eigenvalue weighted by atomic mass is 10.1. The fourth-order valence-electron chi connectivity index (χ4n) is 2.98. The van der Waals surface area contributed by atoms with Crippen LogP contribution in [0.15, 0.2) is 73.2 Å². The minimum absolute atomic E-state index is 0.0142. The number of nitrogens with one attached hydrogen (secondary N) is 2. The van der Waals surface area contributed by atoms with E-state index in [9.17, 15) is 4.79 Å². The average Bonchev–Trinajstić information content (AvgIpc) is 2.84. The zero-order valence-electron chi connectivity index (χ0n) is 17.9. The number of pyridine rings is 1. The maximum atomic E-state index is 11.4. The molecule has 2 aromatic carbocycles. The molecule has 0 aliphatic carbocycles. The number of rotatable bonds is 7. The van der Waals surface area contributed by atoms with Gasteiger partial charge in [0.1, 0.15) is 24.5 Å². The van der Waals surface area contributed by atoms with E-state index in [2.05, 4.69) is 37.4 Å². The summed E-state index contributed by atoms with van der Waals surface area (Å²) in [6, 6.07) is 18.7. The van der Waals surface area contributed by atoms with Crippen molar-refractivity contribution in [2.45, 2.75) is 0 Å². The highest BCUT2D eigenvalue weighted by atomic mass is 16.5. The van der Waals surface area contributed by atoms with Gasteiger partial charge in [0.15, 0.2) is 0 Å². The highest BCUT2D eigenvalue weighted by Crippen LogP contribution is 2.26. The van der Waals surface area contributed by atoms with Crippen molar-refractivity contribution in [3.63, 3.8) is 0 Å². The van der Waals surface area contributed by atoms with Gasteiger partial charge in [-0.1, -0.05) is 17.9 Å². The third-order valence-electron chi connectivity index (χ3n) is 4.49. The number of benzene rings is 2. The van der Waals surface area contributed by atoms with Crippen LogP contribution < -0.4 is 15.4 Å². The fourth-order valence-corrected chi connectivity index (χ4v) is 2.98. The molecule has 0 aliphatic heterocycles. The SMILES string of the molecule is COCC(=O)NCC#Cc1ccc2ncnc(Nc3ccc(Oc4ccccn4)cc3)c2c1. The Balaban J connectivity index is 1.47. The van der Waals surface area contributed by atoms with Crippen molar-refractivity contribution < 1.29 is 14.3 Å². The van der Waals surface area contributed by atoms with E-state index in [0.29, 0.717) is 17.4 Å². The van der Waals surface area contributed by atoms with Gasteiger partial charge in [0.05, 0.1) is 12.1 Å². The minimum atomic E-state index is -0.207. The smallest absolute Gasteiger partial charge is 0.246 e. The van der Waals surface area contributed by atoms with Crippen LogP contribution in [-0.4, -0.2) is 41.1 Å². The molecule has 0 fully saturated rings. The van der Waals surface area contributed by atoms with Crippen LogP contribution in [0.4, 0.5) is 11.5 Å². The van der Waals surface area contributed by atoms with Gasteiger partial charge in [0.2, 0.25) is 11.8 Å². The molecule has 0 atom stereocenters. The summed E-state index contributed by atoms with van der Waals surface area (Å²) in [7, 11) is 1.47. The summed E-state index contributed by atoms with van der Waals surface area (Å²) >= 11 is 0. The topological polar surface area (TPSA) is 98.3 Å². The van der Waals surface area contributed by atoms with E-state index in [0.717, 1.165) is 22.2 Å². The van der Waals surface area contributed by atoms with E-state index in [1.807, 2.05) is 54.6 Å². The maximum absolute atomic E-state index is 11.4. The predicted octanol–water partition coefficient (Wildman–Crippen LogP) is 3.67. The number of ether oxygens (including phenoxy) is 2. The monoisotopic (exact) mass is 439 g/mol. The summed E-state index contributed by atoms with van der Waals surface area (Å²) in [6.45, 7) is 0.254. The molecule has 0 unspecified atom stereocenters. The predicted molar refractivity (Wildman–Crippen MR) is 125 cm³/mol. The second-order valence-electron chi connectivity index (χ2n) is 6.89. The van der Waals surface area contributed by atoms with Crippen LogP contribution in [-0.2, 0) is 9.53 Å². The van der Waals surface area contributed by atoms with Crippen LogP contribution in [0.25, 0.3) is 10.9 Å². The van der Waals surface area contributed by atoms with Gasteiger partial charge < -0.3 is 20.1 Å². The molecule has 0 radical (unpaired) electrons. The zero-order chi connectivity index (χ0) is 22.9. The number of fused-ring (bicyclic) bond motifs is 1. The van der Waals surface area contributed by atoms with Crippen molar-refractivity contribution in [1.82, 2.24) is 20.3 Å². The first-order valence-electron chi connectivity index (χ1n) is 10.2. The molecule has 0 aliphatic rings. The van der Waals surface area contributed by atoms with Gasteiger partial charge >= 0.3 is 0 Å². The zero-order valence-corrected chi connectivity index (χ0v) is 17.9. The van der Waals surface area contributed by atoms with Crippen molar-refractivity contribution >= 4 is 28.3 Å². The second-order valence-corrected chi connectivity index (χ2v) is 6.89. The number of anilines is 2. The minimum Gasteiger partial charge on any atom is -0.439 e. The highest BCUT2D eigenvalue weighted by Gasteiger charge is 2.06. The van der Waals surface area contributed by atoms with Crippen molar-refractivity contribution in [2.75, 3.05) is 25.6 Å². The van der Waals surface area contributed by atoms with Crippen LogP contribution in [0.3, 0.4) is 0 Å².